The summed E-state index contributed by atoms with van der Waals surface area (Å²) in [7, 11) is 0. The molecule has 0 spiro atoms. The number of para-hydroxylation sites is 1. The average Bonchev–Trinajstić information content (AvgIpc) is 2.88. The van der Waals surface area contributed by atoms with E-state index >= 15 is 0 Å². The zero-order valence-electron chi connectivity index (χ0n) is 14.5. The fourth-order valence-electron chi connectivity index (χ4n) is 3.17. The van der Waals surface area contributed by atoms with E-state index in [2.05, 4.69) is 19.2 Å². The van der Waals surface area contributed by atoms with E-state index in [-0.39, 0.29) is 31.0 Å². The third-order valence-electron chi connectivity index (χ3n) is 4.45. The molecule has 1 aliphatic heterocycles. The summed E-state index contributed by atoms with van der Waals surface area (Å²) in [6.45, 7) is 7.35. The number of amides is 1. The van der Waals surface area contributed by atoms with Crippen LogP contribution in [0.15, 0.2) is 24.3 Å². The first kappa shape index (κ1) is 18.3. The van der Waals surface area contributed by atoms with Gasteiger partial charge in [0.2, 0.25) is 0 Å². The van der Waals surface area contributed by atoms with Crippen molar-refractivity contribution in [2.45, 2.75) is 26.8 Å². The molecular formula is C18H26N2O4. The van der Waals surface area contributed by atoms with Gasteiger partial charge in [-0.25, -0.2) is 0 Å². The Morgan fingerprint density at radius 3 is 2.67 bits per heavy atom. The van der Waals surface area contributed by atoms with E-state index in [1.165, 1.54) is 0 Å². The third kappa shape index (κ3) is 4.96. The molecule has 0 aliphatic carbocycles. The number of hydrogen-bond donors (Lipinski definition) is 2. The Labute approximate surface area is 142 Å². The van der Waals surface area contributed by atoms with E-state index in [4.69, 9.17) is 9.84 Å². The van der Waals surface area contributed by atoms with Gasteiger partial charge in [-0.15, -0.1) is 0 Å². The van der Waals surface area contributed by atoms with Crippen molar-refractivity contribution in [2.24, 2.45) is 11.8 Å². The molecule has 1 aliphatic rings. The van der Waals surface area contributed by atoms with E-state index in [0.29, 0.717) is 24.8 Å². The molecule has 2 N–H and O–H groups in total. The van der Waals surface area contributed by atoms with Crippen molar-refractivity contribution in [3.8, 4) is 5.75 Å². The summed E-state index contributed by atoms with van der Waals surface area (Å²) < 4.78 is 5.58. The largest absolute Gasteiger partial charge is 0.484 e. The second-order valence-electron chi connectivity index (χ2n) is 6.72. The van der Waals surface area contributed by atoms with Crippen molar-refractivity contribution < 1.29 is 19.4 Å². The number of carbonyl (C=O) groups is 2. The molecule has 6 heteroatoms. The first-order valence-electron chi connectivity index (χ1n) is 8.28. The van der Waals surface area contributed by atoms with Crippen LogP contribution in [0.25, 0.3) is 0 Å². The topological polar surface area (TPSA) is 78.9 Å². The molecule has 1 aromatic rings. The molecule has 2 atom stereocenters. The Balaban J connectivity index is 1.89. The summed E-state index contributed by atoms with van der Waals surface area (Å²) in [5, 5.41) is 12.0. The van der Waals surface area contributed by atoms with E-state index in [9.17, 15) is 9.59 Å². The van der Waals surface area contributed by atoms with Gasteiger partial charge in [0.25, 0.3) is 5.91 Å². The highest BCUT2D eigenvalue weighted by Gasteiger charge is 2.36. The minimum Gasteiger partial charge on any atom is -0.484 e. The Morgan fingerprint density at radius 2 is 2.04 bits per heavy atom. The van der Waals surface area contributed by atoms with Crippen molar-refractivity contribution in [2.75, 3.05) is 26.2 Å². The van der Waals surface area contributed by atoms with Gasteiger partial charge in [-0.3, -0.25) is 14.5 Å². The third-order valence-corrected chi connectivity index (χ3v) is 4.45. The van der Waals surface area contributed by atoms with Gasteiger partial charge in [0.05, 0.1) is 6.54 Å². The number of carboxylic acids is 1. The van der Waals surface area contributed by atoms with Gasteiger partial charge < -0.3 is 15.2 Å². The number of rotatable bonds is 7. The lowest BCUT2D eigenvalue weighted by atomic mass is 9.91. The summed E-state index contributed by atoms with van der Waals surface area (Å²) >= 11 is 0. The molecule has 1 amide bonds. The predicted molar refractivity (Wildman–Crippen MR) is 91.0 cm³/mol. The number of hydrogen-bond acceptors (Lipinski definition) is 4. The molecule has 1 heterocycles. The van der Waals surface area contributed by atoms with Crippen LogP contribution in [0.5, 0.6) is 5.75 Å². The number of aryl methyl sites for hydroxylation is 1. The normalized spacial score (nSPS) is 21.0. The molecule has 1 fully saturated rings. The number of aliphatic carboxylic acids is 1. The molecule has 2 rings (SSSR count). The standard InChI is InChI=1S/C18H26N2O4/c1-12(2)14-8-20(10-18(22)23)9-15(14)19-17(21)11-24-16-7-5-4-6-13(16)3/h4-7,12,14-15H,8-11H2,1-3H3,(H,19,21)(H,22,23)/t14-,15+/m1/s1. The van der Waals surface area contributed by atoms with E-state index in [0.717, 1.165) is 5.56 Å². The monoisotopic (exact) mass is 334 g/mol. The molecule has 0 bridgehead atoms. The highest BCUT2D eigenvalue weighted by Crippen LogP contribution is 2.24. The number of benzene rings is 1. The molecule has 0 unspecified atom stereocenters. The first-order valence-corrected chi connectivity index (χ1v) is 8.28. The maximum Gasteiger partial charge on any atom is 0.317 e. The highest BCUT2D eigenvalue weighted by atomic mass is 16.5. The first-order chi connectivity index (χ1) is 11.4. The van der Waals surface area contributed by atoms with Crippen molar-refractivity contribution >= 4 is 11.9 Å². The number of ether oxygens (including phenoxy) is 1. The second-order valence-corrected chi connectivity index (χ2v) is 6.72. The Kier molecular flexibility index (Phi) is 6.20. The van der Waals surface area contributed by atoms with Crippen LogP contribution in [0.1, 0.15) is 19.4 Å². The highest BCUT2D eigenvalue weighted by molar-refractivity contribution is 5.78. The number of nitrogens with zero attached hydrogens (tertiary/aromatic N) is 1. The number of likely N-dealkylation sites (tertiary alicyclic amines) is 1. The Hall–Kier alpha value is -2.08. The molecular weight excluding hydrogens is 308 g/mol. The van der Waals surface area contributed by atoms with E-state index < -0.39 is 5.97 Å². The molecule has 24 heavy (non-hydrogen) atoms. The van der Waals surface area contributed by atoms with Crippen molar-refractivity contribution in [1.82, 2.24) is 10.2 Å². The van der Waals surface area contributed by atoms with Gasteiger partial charge in [0.15, 0.2) is 6.61 Å². The molecule has 0 radical (unpaired) electrons. The molecule has 0 saturated carbocycles. The van der Waals surface area contributed by atoms with Gasteiger partial charge >= 0.3 is 5.97 Å². The van der Waals surface area contributed by atoms with Crippen LogP contribution in [0.4, 0.5) is 0 Å². The minimum atomic E-state index is -0.840. The van der Waals surface area contributed by atoms with Crippen molar-refractivity contribution in [1.29, 1.82) is 0 Å². The second kappa shape index (κ2) is 8.15. The maximum atomic E-state index is 12.2. The number of nitrogens with one attached hydrogen (secondary N) is 1. The zero-order chi connectivity index (χ0) is 17.7. The van der Waals surface area contributed by atoms with Crippen LogP contribution in [0.2, 0.25) is 0 Å². The van der Waals surface area contributed by atoms with E-state index in [1.54, 1.807) is 0 Å². The SMILES string of the molecule is Cc1ccccc1OCC(=O)N[C@H]1CN(CC(=O)O)C[C@@H]1C(C)C. The van der Waals surface area contributed by atoms with Gasteiger partial charge in [-0.05, 0) is 30.4 Å². The van der Waals surface area contributed by atoms with E-state index in [1.807, 2.05) is 36.1 Å². The molecule has 132 valence electrons. The molecule has 1 saturated heterocycles. The number of carbonyl (C=O) groups excluding carboxylic acids is 1. The predicted octanol–water partition coefficient (Wildman–Crippen LogP) is 1.53. The summed E-state index contributed by atoms with van der Waals surface area (Å²) in [6.07, 6.45) is 0. The van der Waals surface area contributed by atoms with Crippen LogP contribution in [-0.2, 0) is 9.59 Å². The number of carboxylic acid groups (broad SMARTS) is 1. The Morgan fingerprint density at radius 1 is 1.33 bits per heavy atom. The fraction of sp³-hybridized carbons (Fsp3) is 0.556. The van der Waals surface area contributed by atoms with Crippen LogP contribution in [0.3, 0.4) is 0 Å². The lowest BCUT2D eigenvalue weighted by molar-refractivity contribution is -0.138. The summed E-state index contributed by atoms with van der Waals surface area (Å²) in [6, 6.07) is 7.52. The van der Waals surface area contributed by atoms with Crippen molar-refractivity contribution in [3.63, 3.8) is 0 Å². The fourth-order valence-corrected chi connectivity index (χ4v) is 3.17. The quantitative estimate of drug-likeness (QED) is 0.791. The summed E-state index contributed by atoms with van der Waals surface area (Å²) in [4.78, 5) is 25.0. The molecule has 1 aromatic carbocycles. The Bertz CT molecular complexity index is 588. The van der Waals surface area contributed by atoms with Crippen LogP contribution in [0, 0.1) is 18.8 Å². The molecule has 6 nitrogen and oxygen atoms in total. The van der Waals surface area contributed by atoms with Gasteiger partial charge in [-0.1, -0.05) is 32.0 Å². The minimum absolute atomic E-state index is 0.00923. The lowest BCUT2D eigenvalue weighted by Crippen LogP contribution is -2.44. The summed E-state index contributed by atoms with van der Waals surface area (Å²) in [5.41, 5.74) is 0.985. The van der Waals surface area contributed by atoms with Gasteiger partial charge in [-0.2, -0.15) is 0 Å². The van der Waals surface area contributed by atoms with Crippen LogP contribution in [-0.4, -0.2) is 54.2 Å². The smallest absolute Gasteiger partial charge is 0.317 e. The summed E-state index contributed by atoms with van der Waals surface area (Å²) in [5.74, 6) is 0.295. The van der Waals surface area contributed by atoms with Crippen molar-refractivity contribution in [3.05, 3.63) is 29.8 Å². The maximum absolute atomic E-state index is 12.2. The van der Waals surface area contributed by atoms with Gasteiger partial charge in [0.1, 0.15) is 5.75 Å². The van der Waals surface area contributed by atoms with Crippen LogP contribution >= 0.6 is 0 Å². The van der Waals surface area contributed by atoms with Crippen LogP contribution < -0.4 is 10.1 Å². The molecule has 0 aromatic heterocycles. The average molecular weight is 334 g/mol. The van der Waals surface area contributed by atoms with Gasteiger partial charge in [0, 0.05) is 19.1 Å². The zero-order valence-corrected chi connectivity index (χ0v) is 14.5. The lowest BCUT2D eigenvalue weighted by Gasteiger charge is -2.23.